The molecule has 6 nitrogen and oxygen atoms in total. The zero-order valence-electron chi connectivity index (χ0n) is 21.3. The molecule has 190 valence electrons. The first-order valence-corrected chi connectivity index (χ1v) is 12.3. The maximum Gasteiger partial charge on any atom is 0.272 e. The third-order valence-corrected chi connectivity index (χ3v) is 5.92. The van der Waals surface area contributed by atoms with Crippen molar-refractivity contribution in [3.63, 3.8) is 0 Å². The summed E-state index contributed by atoms with van der Waals surface area (Å²) in [4.78, 5) is 25.3. The van der Waals surface area contributed by atoms with Gasteiger partial charge >= 0.3 is 0 Å². The summed E-state index contributed by atoms with van der Waals surface area (Å²) >= 11 is 1.80. The van der Waals surface area contributed by atoms with Crippen molar-refractivity contribution in [3.05, 3.63) is 57.3 Å². The molecular formula is C25H38F2N4O2S. The second-order valence-electron chi connectivity index (χ2n) is 7.00. The van der Waals surface area contributed by atoms with E-state index in [0.29, 0.717) is 12.1 Å². The lowest BCUT2D eigenvalue weighted by molar-refractivity contribution is -0.128. The molecule has 0 saturated carbocycles. The van der Waals surface area contributed by atoms with Crippen LogP contribution in [0.1, 0.15) is 59.8 Å². The smallest absolute Gasteiger partial charge is 0.272 e. The van der Waals surface area contributed by atoms with Gasteiger partial charge in [0.25, 0.3) is 11.6 Å². The predicted molar refractivity (Wildman–Crippen MR) is 139 cm³/mol. The van der Waals surface area contributed by atoms with Crippen LogP contribution in [0.4, 0.5) is 8.78 Å². The van der Waals surface area contributed by atoms with E-state index in [9.17, 15) is 18.4 Å². The molecule has 2 N–H and O–H groups in total. The minimum absolute atomic E-state index is 0.0681. The number of hydrazone groups is 1. The monoisotopic (exact) mass is 496 g/mol. The van der Waals surface area contributed by atoms with E-state index in [2.05, 4.69) is 24.2 Å². The number of nitrogens with two attached hydrogens (primary N) is 1. The van der Waals surface area contributed by atoms with Gasteiger partial charge in [-0.15, -0.1) is 11.3 Å². The van der Waals surface area contributed by atoms with Gasteiger partial charge in [0.1, 0.15) is 0 Å². The first-order valence-electron chi connectivity index (χ1n) is 11.5. The summed E-state index contributed by atoms with van der Waals surface area (Å²) in [6.07, 6.45) is 1.81. The zero-order valence-corrected chi connectivity index (χ0v) is 22.1. The van der Waals surface area contributed by atoms with Crippen molar-refractivity contribution in [2.45, 2.75) is 67.9 Å². The Hall–Kier alpha value is -2.65. The molecule has 0 fully saturated rings. The molecule has 1 amide bonds. The molecule has 0 aliphatic rings. The Balaban J connectivity index is 0.000000597. The molecule has 2 aromatic rings. The highest BCUT2D eigenvalue weighted by Crippen LogP contribution is 2.27. The molecule has 0 radical (unpaired) electrons. The van der Waals surface area contributed by atoms with Crippen molar-refractivity contribution < 1.29 is 13.6 Å². The second kappa shape index (κ2) is 16.9. The molecular weight excluding hydrogens is 458 g/mol. The fourth-order valence-corrected chi connectivity index (χ4v) is 3.46. The zero-order chi connectivity index (χ0) is 26.3. The first kappa shape index (κ1) is 31.4. The maximum absolute atomic E-state index is 12.4. The van der Waals surface area contributed by atoms with Crippen LogP contribution in [-0.2, 0) is 17.8 Å². The summed E-state index contributed by atoms with van der Waals surface area (Å²) in [5.41, 5.74) is 6.78. The number of carbonyl (C=O) groups excluding carboxylic acids is 1. The summed E-state index contributed by atoms with van der Waals surface area (Å²) in [6, 6.07) is 7.83. The number of pyridine rings is 1. The number of carbonyl (C=O) groups is 1. The summed E-state index contributed by atoms with van der Waals surface area (Å²) in [5.74, 6) is -0.389. The van der Waals surface area contributed by atoms with Gasteiger partial charge in [-0.05, 0) is 44.9 Å². The molecule has 0 aromatic carbocycles. The molecule has 9 heteroatoms. The Bertz CT molecular complexity index is 1010. The molecule has 2 heterocycles. The van der Waals surface area contributed by atoms with Crippen LogP contribution < -0.4 is 11.3 Å². The Morgan fingerprint density at radius 3 is 2.21 bits per heavy atom. The van der Waals surface area contributed by atoms with Crippen molar-refractivity contribution in [3.8, 4) is 10.4 Å². The molecule has 0 bridgehead atoms. The minimum Gasteiger partial charge on any atom is -0.327 e. The number of halogens is 2. The molecule has 0 aliphatic heterocycles. The van der Waals surface area contributed by atoms with E-state index in [1.165, 1.54) is 16.7 Å². The van der Waals surface area contributed by atoms with Crippen molar-refractivity contribution in [2.24, 2.45) is 10.8 Å². The third kappa shape index (κ3) is 10.5. The predicted octanol–water partition coefficient (Wildman–Crippen LogP) is 5.92. The van der Waals surface area contributed by atoms with E-state index in [4.69, 9.17) is 5.73 Å². The van der Waals surface area contributed by atoms with Gasteiger partial charge in [0, 0.05) is 58.9 Å². The Morgan fingerprint density at radius 1 is 1.12 bits per heavy atom. The number of amides is 1. The molecule has 2 rings (SSSR count). The first-order chi connectivity index (χ1) is 16.2. The van der Waals surface area contributed by atoms with Gasteiger partial charge in [-0.25, -0.2) is 5.01 Å². The molecule has 34 heavy (non-hydrogen) atoms. The van der Waals surface area contributed by atoms with Gasteiger partial charge in [0.05, 0.1) is 6.54 Å². The highest BCUT2D eigenvalue weighted by Gasteiger charge is 2.13. The standard InChI is InChI=1S/C13H15NOS.C10H17F2N3O.C2H6/c1-3-11-6-7-12(16-11)10-5-8-13(15)14(4-2)9-10;1-4-7(2)14-15(8(3)16)6-9(5-13)10(11)12;1-2/h5-9H,3-4H2,1-2H3;4-6,13H2,1-3H3;1-2H3/b;14-7+;. The van der Waals surface area contributed by atoms with Gasteiger partial charge in [-0.2, -0.15) is 13.9 Å². The Labute approximate surface area is 205 Å². The lowest BCUT2D eigenvalue weighted by Gasteiger charge is -2.17. The second-order valence-corrected chi connectivity index (χ2v) is 8.16. The van der Waals surface area contributed by atoms with E-state index in [1.54, 1.807) is 28.9 Å². The lowest BCUT2D eigenvalue weighted by Crippen LogP contribution is -2.29. The molecule has 0 saturated heterocycles. The normalized spacial score (nSPS) is 10.5. The van der Waals surface area contributed by atoms with E-state index >= 15 is 0 Å². The van der Waals surface area contributed by atoms with E-state index in [1.807, 2.05) is 40.0 Å². The minimum atomic E-state index is -1.85. The summed E-state index contributed by atoms with van der Waals surface area (Å²) in [5, 5.41) is 4.94. The highest BCUT2D eigenvalue weighted by molar-refractivity contribution is 7.15. The van der Waals surface area contributed by atoms with Crippen LogP contribution in [0.2, 0.25) is 0 Å². The van der Waals surface area contributed by atoms with Crippen molar-refractivity contribution in [2.75, 3.05) is 13.1 Å². The fraction of sp³-hybridized carbons (Fsp3) is 0.480. The Kier molecular flexibility index (Phi) is 15.6. The van der Waals surface area contributed by atoms with Crippen LogP contribution in [0.15, 0.2) is 52.0 Å². The molecule has 2 aromatic heterocycles. The molecule has 0 aliphatic carbocycles. The van der Waals surface area contributed by atoms with Crippen molar-refractivity contribution >= 4 is 23.0 Å². The van der Waals surface area contributed by atoms with Gasteiger partial charge < -0.3 is 10.3 Å². The fourth-order valence-electron chi connectivity index (χ4n) is 2.52. The largest absolute Gasteiger partial charge is 0.327 e. The molecule has 0 unspecified atom stereocenters. The van der Waals surface area contributed by atoms with Crippen LogP contribution >= 0.6 is 11.3 Å². The van der Waals surface area contributed by atoms with E-state index in [0.717, 1.165) is 23.5 Å². The topological polar surface area (TPSA) is 80.7 Å². The summed E-state index contributed by atoms with van der Waals surface area (Å²) in [7, 11) is 0. The van der Waals surface area contributed by atoms with E-state index in [-0.39, 0.29) is 30.1 Å². The van der Waals surface area contributed by atoms with Gasteiger partial charge in [-0.1, -0.05) is 27.7 Å². The van der Waals surface area contributed by atoms with Gasteiger partial charge in [-0.3, -0.25) is 9.59 Å². The van der Waals surface area contributed by atoms with Crippen molar-refractivity contribution in [1.29, 1.82) is 0 Å². The number of hydrogen-bond acceptors (Lipinski definition) is 5. The molecule has 0 spiro atoms. The van der Waals surface area contributed by atoms with E-state index < -0.39 is 6.08 Å². The summed E-state index contributed by atoms with van der Waals surface area (Å²) < 4.78 is 26.4. The quantitative estimate of drug-likeness (QED) is 0.364. The number of aryl methyl sites for hydroxylation is 2. The van der Waals surface area contributed by atoms with Crippen LogP contribution in [0, 0.1) is 0 Å². The van der Waals surface area contributed by atoms with Gasteiger partial charge in [0.15, 0.2) is 0 Å². The SMILES string of the molecule is CC.CC/C(C)=N/N(CC(CN)=C(F)F)C(C)=O.CCc1ccc(-c2ccc(=O)n(CC)c2)s1. The van der Waals surface area contributed by atoms with Crippen molar-refractivity contribution in [1.82, 2.24) is 9.58 Å². The maximum atomic E-state index is 12.4. The number of nitrogens with zero attached hydrogens (tertiary/aromatic N) is 3. The highest BCUT2D eigenvalue weighted by atomic mass is 32.1. The van der Waals surface area contributed by atoms with Crippen LogP contribution in [0.3, 0.4) is 0 Å². The third-order valence-electron chi connectivity index (χ3n) is 4.64. The Morgan fingerprint density at radius 2 is 1.76 bits per heavy atom. The van der Waals surface area contributed by atoms with Crippen LogP contribution in [-0.4, -0.2) is 34.3 Å². The average Bonchev–Trinajstić information content (AvgIpc) is 3.32. The van der Waals surface area contributed by atoms with Gasteiger partial charge in [0.2, 0.25) is 5.91 Å². The van der Waals surface area contributed by atoms with Crippen LogP contribution in [0.5, 0.6) is 0 Å². The molecule has 0 atom stereocenters. The number of thiophene rings is 1. The summed E-state index contributed by atoms with van der Waals surface area (Å²) in [6.45, 7) is 13.2. The number of hydrogen-bond donors (Lipinski definition) is 1. The van der Waals surface area contributed by atoms with Crippen LogP contribution in [0.25, 0.3) is 10.4 Å². The number of rotatable bonds is 8. The number of aromatic nitrogens is 1. The average molecular weight is 497 g/mol. The lowest BCUT2D eigenvalue weighted by atomic mass is 10.2.